The van der Waals surface area contributed by atoms with E-state index in [1.165, 1.54) is 11.1 Å². The van der Waals surface area contributed by atoms with E-state index in [0.29, 0.717) is 13.1 Å². The molecule has 3 aliphatic heterocycles. The summed E-state index contributed by atoms with van der Waals surface area (Å²) in [6, 6.07) is 10.8. The van der Waals surface area contributed by atoms with Crippen molar-refractivity contribution in [1.29, 1.82) is 0 Å². The minimum absolute atomic E-state index is 0.0190. The van der Waals surface area contributed by atoms with Crippen molar-refractivity contribution in [1.82, 2.24) is 4.90 Å². The van der Waals surface area contributed by atoms with Crippen LogP contribution in [0.4, 0.5) is 17.1 Å². The van der Waals surface area contributed by atoms with Crippen molar-refractivity contribution in [3.63, 3.8) is 0 Å². The van der Waals surface area contributed by atoms with E-state index in [1.807, 2.05) is 0 Å². The molecular weight excluding hydrogens is 376 g/mol. The molecular formula is C24H28N4O2. The van der Waals surface area contributed by atoms with Crippen molar-refractivity contribution >= 4 is 23.0 Å². The average molecular weight is 405 g/mol. The molecule has 3 N–H and O–H groups in total. The van der Waals surface area contributed by atoms with E-state index >= 15 is 0 Å². The monoisotopic (exact) mass is 404 g/mol. The summed E-state index contributed by atoms with van der Waals surface area (Å²) in [6.07, 6.45) is 3.75. The molecule has 1 saturated heterocycles. The minimum atomic E-state index is -0.387. The normalized spacial score (nSPS) is 23.4. The molecule has 6 nitrogen and oxygen atoms in total. The van der Waals surface area contributed by atoms with Gasteiger partial charge in [0.05, 0.1) is 29.3 Å². The molecule has 1 amide bonds. The average Bonchev–Trinajstić information content (AvgIpc) is 3.21. The lowest BCUT2D eigenvalue weighted by Gasteiger charge is -2.40. The zero-order valence-electron chi connectivity index (χ0n) is 17.5. The highest BCUT2D eigenvalue weighted by Crippen LogP contribution is 2.50. The highest BCUT2D eigenvalue weighted by atomic mass is 16.3. The molecule has 0 aromatic heterocycles. The summed E-state index contributed by atoms with van der Waals surface area (Å²) >= 11 is 0. The number of anilines is 3. The largest absolute Gasteiger partial charge is 0.389 e. The summed E-state index contributed by atoms with van der Waals surface area (Å²) < 4.78 is 0. The first-order valence-corrected chi connectivity index (χ1v) is 11.0. The summed E-state index contributed by atoms with van der Waals surface area (Å²) in [5, 5.41) is 17.2. The number of benzene rings is 2. The van der Waals surface area contributed by atoms with E-state index in [2.05, 4.69) is 59.8 Å². The van der Waals surface area contributed by atoms with Crippen molar-refractivity contribution < 1.29 is 9.90 Å². The van der Waals surface area contributed by atoms with Crippen LogP contribution < -0.4 is 15.5 Å². The first-order chi connectivity index (χ1) is 14.4. The number of amides is 1. The molecule has 3 heterocycles. The summed E-state index contributed by atoms with van der Waals surface area (Å²) in [4.78, 5) is 17.2. The second-order valence-electron chi connectivity index (χ2n) is 9.49. The van der Waals surface area contributed by atoms with Crippen LogP contribution in [-0.4, -0.2) is 53.9 Å². The Morgan fingerprint density at radius 1 is 1.17 bits per heavy atom. The number of β-amino-alcohol motifs (C(OH)–C–C–N with tert-alkyl or cyclic N) is 1. The first-order valence-electron chi connectivity index (χ1n) is 11.0. The van der Waals surface area contributed by atoms with Gasteiger partial charge in [0.15, 0.2) is 0 Å². The number of rotatable bonds is 1. The van der Waals surface area contributed by atoms with Gasteiger partial charge in [0.1, 0.15) is 0 Å². The van der Waals surface area contributed by atoms with Gasteiger partial charge in [0.25, 0.3) is 5.91 Å². The van der Waals surface area contributed by atoms with Gasteiger partial charge in [-0.05, 0) is 55.4 Å². The summed E-state index contributed by atoms with van der Waals surface area (Å²) in [7, 11) is 2.07. The van der Waals surface area contributed by atoms with Crippen molar-refractivity contribution in [2.75, 3.05) is 35.7 Å². The standard InChI is InChI=1S/C24H28N4O2/c1-14-25-22-20(27(14)2)9-19(23(30)28-12-17(29)13-28)18-7-8-24(26-21(18)22)10-15-5-3-4-6-16(15)11-24/h3-6,9,14,17,25-26,29H,7-8,10-13H2,1-2H3. The van der Waals surface area contributed by atoms with Crippen LogP contribution in [0.5, 0.6) is 0 Å². The van der Waals surface area contributed by atoms with Crippen molar-refractivity contribution in [3.8, 4) is 0 Å². The molecule has 2 aromatic carbocycles. The Hall–Kier alpha value is -2.73. The molecule has 1 fully saturated rings. The first kappa shape index (κ1) is 18.1. The Morgan fingerprint density at radius 2 is 1.87 bits per heavy atom. The number of hydrogen-bond acceptors (Lipinski definition) is 5. The molecule has 6 heteroatoms. The fourth-order valence-corrected chi connectivity index (χ4v) is 5.68. The highest BCUT2D eigenvalue weighted by molar-refractivity contribution is 6.03. The fourth-order valence-electron chi connectivity index (χ4n) is 5.68. The Labute approximate surface area is 176 Å². The lowest BCUT2D eigenvalue weighted by Crippen LogP contribution is -2.53. The Kier molecular flexibility index (Phi) is 3.70. The second-order valence-corrected chi connectivity index (χ2v) is 9.49. The maximum absolute atomic E-state index is 13.3. The second kappa shape index (κ2) is 6.14. The molecule has 1 atom stereocenters. The van der Waals surface area contributed by atoms with Crippen LogP contribution in [0, 0.1) is 0 Å². The van der Waals surface area contributed by atoms with Crippen molar-refractivity contribution in [2.45, 2.75) is 50.4 Å². The zero-order chi connectivity index (χ0) is 20.6. The fraction of sp³-hybridized carbons (Fsp3) is 0.458. The number of aliphatic hydroxyl groups excluding tert-OH is 1. The third kappa shape index (κ3) is 2.49. The Morgan fingerprint density at radius 3 is 2.53 bits per heavy atom. The SMILES string of the molecule is CC1Nc2c(cc(C(=O)N3CC(O)C3)c3c2NC2(CC3)Cc3ccccc3C2)N1C. The molecule has 1 unspecified atom stereocenters. The zero-order valence-corrected chi connectivity index (χ0v) is 17.5. The van der Waals surface area contributed by atoms with Gasteiger partial charge in [-0.3, -0.25) is 4.79 Å². The van der Waals surface area contributed by atoms with Crippen molar-refractivity contribution in [3.05, 3.63) is 52.6 Å². The van der Waals surface area contributed by atoms with E-state index < -0.39 is 0 Å². The number of hydrogen-bond donors (Lipinski definition) is 3. The molecule has 0 bridgehead atoms. The van der Waals surface area contributed by atoms with Crippen LogP contribution in [0.3, 0.4) is 0 Å². The highest BCUT2D eigenvalue weighted by Gasteiger charge is 2.43. The summed E-state index contributed by atoms with van der Waals surface area (Å²) in [5.74, 6) is 0.0414. The van der Waals surface area contributed by atoms with Gasteiger partial charge < -0.3 is 25.5 Å². The topological polar surface area (TPSA) is 67.8 Å². The van der Waals surface area contributed by atoms with E-state index in [4.69, 9.17) is 0 Å². The number of fused-ring (bicyclic) bond motifs is 4. The van der Waals surface area contributed by atoms with Crippen LogP contribution >= 0.6 is 0 Å². The quantitative estimate of drug-likeness (QED) is 0.682. The number of nitrogens with one attached hydrogen (secondary N) is 2. The minimum Gasteiger partial charge on any atom is -0.389 e. The van der Waals surface area contributed by atoms with Gasteiger partial charge in [0.2, 0.25) is 0 Å². The van der Waals surface area contributed by atoms with Gasteiger partial charge in [-0.15, -0.1) is 0 Å². The Balaban J connectivity index is 1.43. The van der Waals surface area contributed by atoms with Gasteiger partial charge in [0, 0.05) is 31.2 Å². The molecule has 4 aliphatic rings. The smallest absolute Gasteiger partial charge is 0.254 e. The molecule has 1 spiro atoms. The van der Waals surface area contributed by atoms with Gasteiger partial charge in [-0.1, -0.05) is 24.3 Å². The number of likely N-dealkylation sites (tertiary alicyclic amines) is 1. The molecule has 6 rings (SSSR count). The molecule has 0 radical (unpaired) electrons. The number of carbonyl (C=O) groups is 1. The predicted molar refractivity (Wildman–Crippen MR) is 118 cm³/mol. The maximum Gasteiger partial charge on any atom is 0.254 e. The van der Waals surface area contributed by atoms with Crippen LogP contribution in [0.1, 0.15) is 40.4 Å². The predicted octanol–water partition coefficient (Wildman–Crippen LogP) is 2.61. The maximum atomic E-state index is 13.3. The molecule has 1 aliphatic carbocycles. The lowest BCUT2D eigenvalue weighted by molar-refractivity contribution is 0.00581. The lowest BCUT2D eigenvalue weighted by atomic mass is 9.81. The molecule has 2 aromatic rings. The van der Waals surface area contributed by atoms with Crippen molar-refractivity contribution in [2.24, 2.45) is 0 Å². The van der Waals surface area contributed by atoms with Crippen LogP contribution in [0.2, 0.25) is 0 Å². The van der Waals surface area contributed by atoms with Crippen LogP contribution in [-0.2, 0) is 19.3 Å². The van der Waals surface area contributed by atoms with E-state index in [1.54, 1.807) is 4.90 Å². The van der Waals surface area contributed by atoms with Crippen LogP contribution in [0.25, 0.3) is 0 Å². The summed E-state index contributed by atoms with van der Waals surface area (Å²) in [6.45, 7) is 3.01. The van der Waals surface area contributed by atoms with Crippen LogP contribution in [0.15, 0.2) is 30.3 Å². The molecule has 0 saturated carbocycles. The Bertz CT molecular complexity index is 1030. The van der Waals surface area contributed by atoms with E-state index in [0.717, 1.165) is 53.9 Å². The van der Waals surface area contributed by atoms with E-state index in [9.17, 15) is 9.90 Å². The summed E-state index contributed by atoms with van der Waals surface area (Å²) in [5.41, 5.74) is 8.10. The number of nitrogens with zero attached hydrogens (tertiary/aromatic N) is 2. The number of carbonyl (C=O) groups excluding carboxylic acids is 1. The third-order valence-electron chi connectivity index (χ3n) is 7.53. The van der Waals surface area contributed by atoms with E-state index in [-0.39, 0.29) is 23.7 Å². The van der Waals surface area contributed by atoms with Gasteiger partial charge >= 0.3 is 0 Å². The number of aliphatic hydroxyl groups is 1. The molecule has 30 heavy (non-hydrogen) atoms. The molecule has 156 valence electrons. The van der Waals surface area contributed by atoms with Gasteiger partial charge in [-0.2, -0.15) is 0 Å². The third-order valence-corrected chi connectivity index (χ3v) is 7.53. The van der Waals surface area contributed by atoms with Gasteiger partial charge in [-0.25, -0.2) is 0 Å².